The van der Waals surface area contributed by atoms with Gasteiger partial charge in [-0.25, -0.2) is 0 Å². The Hall–Kier alpha value is -1.06. The number of hydrogen-bond acceptors (Lipinski definition) is 4. The molecule has 0 amide bonds. The van der Waals surface area contributed by atoms with Crippen LogP contribution in [0.4, 0.5) is 0 Å². The molecular formula is C18H32O4. The average Bonchev–Trinajstić information content (AvgIpc) is 2.98. The largest absolute Gasteiger partial charge is 0.466 e. The monoisotopic (exact) mass is 312 g/mol. The van der Waals surface area contributed by atoms with Gasteiger partial charge in [0.25, 0.3) is 0 Å². The molecule has 0 aromatic heterocycles. The molecule has 128 valence electrons. The van der Waals surface area contributed by atoms with Crippen molar-refractivity contribution in [1.29, 1.82) is 0 Å². The first-order valence-electron chi connectivity index (χ1n) is 8.90. The Balaban J connectivity index is 2.92. The predicted octanol–water partition coefficient (Wildman–Crippen LogP) is 4.26. The van der Waals surface area contributed by atoms with Gasteiger partial charge < -0.3 is 9.47 Å². The second-order valence-electron chi connectivity index (χ2n) is 6.44. The maximum Gasteiger partial charge on any atom is 0.312 e. The Morgan fingerprint density at radius 2 is 1.68 bits per heavy atom. The summed E-state index contributed by atoms with van der Waals surface area (Å²) in [6.45, 7) is 6.44. The molecule has 0 heterocycles. The van der Waals surface area contributed by atoms with Crippen molar-refractivity contribution < 1.29 is 19.1 Å². The summed E-state index contributed by atoms with van der Waals surface area (Å²) in [4.78, 5) is 24.7. The topological polar surface area (TPSA) is 52.6 Å². The summed E-state index contributed by atoms with van der Waals surface area (Å²) in [5.41, 5.74) is -0.687. The summed E-state index contributed by atoms with van der Waals surface area (Å²) in [6, 6.07) is 0. The van der Waals surface area contributed by atoms with Gasteiger partial charge in [-0.1, -0.05) is 45.4 Å². The maximum atomic E-state index is 12.7. The summed E-state index contributed by atoms with van der Waals surface area (Å²) in [6.07, 6.45) is 8.39. The lowest BCUT2D eigenvalue weighted by molar-refractivity contribution is -0.164. The van der Waals surface area contributed by atoms with E-state index < -0.39 is 5.41 Å². The summed E-state index contributed by atoms with van der Waals surface area (Å²) < 4.78 is 10.5. The van der Waals surface area contributed by atoms with Crippen molar-refractivity contribution in [3.63, 3.8) is 0 Å². The highest BCUT2D eigenvalue weighted by Crippen LogP contribution is 2.42. The minimum atomic E-state index is -0.687. The van der Waals surface area contributed by atoms with Crippen LogP contribution < -0.4 is 0 Å². The minimum absolute atomic E-state index is 0.163. The van der Waals surface area contributed by atoms with Crippen LogP contribution in [0.1, 0.15) is 78.6 Å². The molecule has 1 rings (SSSR count). The number of hydrogen-bond donors (Lipinski definition) is 0. The van der Waals surface area contributed by atoms with Crippen molar-refractivity contribution in [2.75, 3.05) is 13.2 Å². The average molecular weight is 312 g/mol. The molecule has 0 saturated heterocycles. The Morgan fingerprint density at radius 3 is 2.23 bits per heavy atom. The van der Waals surface area contributed by atoms with E-state index in [2.05, 4.69) is 6.92 Å². The van der Waals surface area contributed by atoms with E-state index in [1.54, 1.807) is 6.92 Å². The molecule has 0 aromatic carbocycles. The van der Waals surface area contributed by atoms with E-state index in [0.29, 0.717) is 19.1 Å². The van der Waals surface area contributed by atoms with Crippen LogP contribution in [-0.4, -0.2) is 25.2 Å². The van der Waals surface area contributed by atoms with Gasteiger partial charge in [0.2, 0.25) is 0 Å². The predicted molar refractivity (Wildman–Crippen MR) is 86.4 cm³/mol. The molecule has 4 heteroatoms. The molecule has 4 nitrogen and oxygen atoms in total. The molecule has 1 aliphatic carbocycles. The quantitative estimate of drug-likeness (QED) is 0.566. The highest BCUT2D eigenvalue weighted by molar-refractivity contribution is 5.83. The van der Waals surface area contributed by atoms with Crippen molar-refractivity contribution in [1.82, 2.24) is 0 Å². The summed E-state index contributed by atoms with van der Waals surface area (Å²) in [5, 5.41) is 0. The lowest BCUT2D eigenvalue weighted by atomic mass is 9.72. The van der Waals surface area contributed by atoms with Gasteiger partial charge in [0.1, 0.15) is 0 Å². The first-order valence-corrected chi connectivity index (χ1v) is 8.90. The Bertz CT molecular complexity index is 347. The van der Waals surface area contributed by atoms with Gasteiger partial charge >= 0.3 is 11.9 Å². The molecular weight excluding hydrogens is 280 g/mol. The Labute approximate surface area is 134 Å². The number of carbonyl (C=O) groups excluding carboxylic acids is 2. The molecule has 1 atom stereocenters. The van der Waals surface area contributed by atoms with Crippen LogP contribution in [0.2, 0.25) is 0 Å². The highest BCUT2D eigenvalue weighted by atomic mass is 16.5. The van der Waals surface area contributed by atoms with E-state index in [1.807, 2.05) is 6.92 Å². The third kappa shape index (κ3) is 5.62. The van der Waals surface area contributed by atoms with Gasteiger partial charge in [0.15, 0.2) is 0 Å². The molecule has 0 spiro atoms. The number of esters is 2. The first-order chi connectivity index (χ1) is 10.6. The first kappa shape index (κ1) is 19.0. The fourth-order valence-corrected chi connectivity index (χ4v) is 3.57. The lowest BCUT2D eigenvalue weighted by Gasteiger charge is -2.33. The third-order valence-corrected chi connectivity index (χ3v) is 4.66. The van der Waals surface area contributed by atoms with Crippen molar-refractivity contribution >= 4 is 11.9 Å². The van der Waals surface area contributed by atoms with Gasteiger partial charge in [0.05, 0.1) is 25.0 Å². The zero-order chi connectivity index (χ0) is 16.4. The van der Waals surface area contributed by atoms with E-state index in [4.69, 9.17) is 9.47 Å². The van der Waals surface area contributed by atoms with E-state index in [9.17, 15) is 9.59 Å². The molecule has 22 heavy (non-hydrogen) atoms. The van der Waals surface area contributed by atoms with Crippen LogP contribution in [-0.2, 0) is 19.1 Å². The Kier molecular flexibility index (Phi) is 8.51. The fraction of sp³-hybridized carbons (Fsp3) is 0.889. The van der Waals surface area contributed by atoms with Gasteiger partial charge in [0, 0.05) is 0 Å². The maximum absolute atomic E-state index is 12.7. The van der Waals surface area contributed by atoms with E-state index in [1.165, 1.54) is 12.8 Å². The smallest absolute Gasteiger partial charge is 0.312 e. The number of unbranched alkanes of at least 4 members (excludes halogenated alkanes) is 1. The molecule has 0 aliphatic heterocycles. The number of rotatable bonds is 10. The lowest BCUT2D eigenvalue weighted by Crippen LogP contribution is -2.37. The van der Waals surface area contributed by atoms with Crippen molar-refractivity contribution in [3.05, 3.63) is 0 Å². The number of ether oxygens (including phenoxy) is 2. The zero-order valence-electron chi connectivity index (χ0n) is 14.5. The zero-order valence-corrected chi connectivity index (χ0v) is 14.5. The second-order valence-corrected chi connectivity index (χ2v) is 6.44. The van der Waals surface area contributed by atoms with Crippen LogP contribution in [0.5, 0.6) is 0 Å². The summed E-state index contributed by atoms with van der Waals surface area (Å²) >= 11 is 0. The SMILES string of the molecule is CCCCC(CC(=O)OCC)(CC1CCCC1)C(=O)OCC. The van der Waals surface area contributed by atoms with Gasteiger partial charge in [-0.3, -0.25) is 9.59 Å². The molecule has 1 unspecified atom stereocenters. The van der Waals surface area contributed by atoms with Gasteiger partial charge in [-0.2, -0.15) is 0 Å². The molecule has 0 bridgehead atoms. The normalized spacial score (nSPS) is 18.0. The third-order valence-electron chi connectivity index (χ3n) is 4.66. The molecule has 0 radical (unpaired) electrons. The van der Waals surface area contributed by atoms with Crippen molar-refractivity contribution in [2.45, 2.75) is 78.6 Å². The van der Waals surface area contributed by atoms with Crippen molar-refractivity contribution in [2.24, 2.45) is 11.3 Å². The molecule has 1 saturated carbocycles. The summed E-state index contributed by atoms with van der Waals surface area (Å²) in [7, 11) is 0. The van der Waals surface area contributed by atoms with Gasteiger partial charge in [-0.15, -0.1) is 0 Å². The van der Waals surface area contributed by atoms with Crippen LogP contribution in [0.3, 0.4) is 0 Å². The number of carbonyl (C=O) groups is 2. The standard InChI is InChI=1S/C18H32O4/c1-4-7-12-18(17(20)22-6-3,14-16(19)21-5-2)13-15-10-8-9-11-15/h15H,4-14H2,1-3H3. The van der Waals surface area contributed by atoms with Crippen LogP contribution in [0.25, 0.3) is 0 Å². The van der Waals surface area contributed by atoms with E-state index in [0.717, 1.165) is 38.5 Å². The molecule has 1 aliphatic rings. The van der Waals surface area contributed by atoms with Crippen LogP contribution in [0.15, 0.2) is 0 Å². The molecule has 0 N–H and O–H groups in total. The molecule has 0 aromatic rings. The van der Waals surface area contributed by atoms with Crippen molar-refractivity contribution in [3.8, 4) is 0 Å². The molecule has 1 fully saturated rings. The van der Waals surface area contributed by atoms with Crippen LogP contribution >= 0.6 is 0 Å². The van der Waals surface area contributed by atoms with E-state index in [-0.39, 0.29) is 18.4 Å². The fourth-order valence-electron chi connectivity index (χ4n) is 3.57. The second kappa shape index (κ2) is 9.86. The highest BCUT2D eigenvalue weighted by Gasteiger charge is 2.43. The minimum Gasteiger partial charge on any atom is -0.466 e. The van der Waals surface area contributed by atoms with Gasteiger partial charge in [-0.05, 0) is 32.6 Å². The Morgan fingerprint density at radius 1 is 1.05 bits per heavy atom. The van der Waals surface area contributed by atoms with Crippen LogP contribution in [0, 0.1) is 11.3 Å². The summed E-state index contributed by atoms with van der Waals surface area (Å²) in [5.74, 6) is 0.0590. The van der Waals surface area contributed by atoms with E-state index >= 15 is 0 Å².